The smallest absolute Gasteiger partial charge is 0.407 e. The molecule has 1 amide bonds. The van der Waals surface area contributed by atoms with Gasteiger partial charge in [-0.25, -0.2) is 9.78 Å². The number of unbranched alkanes of at least 4 members (excludes halogenated alkanes) is 1. The molecule has 0 spiro atoms. The number of ether oxygens (including phenoxy) is 6. The van der Waals surface area contributed by atoms with Gasteiger partial charge in [0, 0.05) is 24.4 Å². The first-order valence-electron chi connectivity index (χ1n) is 16.5. The van der Waals surface area contributed by atoms with Crippen LogP contribution in [0.2, 0.25) is 0 Å². The molecule has 1 unspecified atom stereocenters. The number of hydrogen-bond acceptors (Lipinski definition) is 10. The summed E-state index contributed by atoms with van der Waals surface area (Å²) in [6.07, 6.45) is 1.01. The fraction of sp³-hybridized carbons (Fsp3) is 0.333. The molecule has 0 aliphatic heterocycles. The number of halogens is 1. The molecular weight excluding hydrogens is 720 g/mol. The summed E-state index contributed by atoms with van der Waals surface area (Å²) in [5, 5.41) is 2.74. The maximum Gasteiger partial charge on any atom is 0.407 e. The van der Waals surface area contributed by atoms with Crippen LogP contribution < -0.4 is 24.3 Å². The lowest BCUT2D eigenvalue weighted by Crippen LogP contribution is -2.25. The topological polar surface area (TPSA) is 132 Å². The SMILES string of the molecule is COc1ccc(COCCOc2ccc(C(=O)CC(CCCCNC(=O)OCc3ccccc3)C(=O)c3ccc(OC)c(Br)n3)cc2OC)cc1. The molecule has 0 radical (unpaired) electrons. The maximum absolute atomic E-state index is 13.7. The van der Waals surface area contributed by atoms with E-state index in [-0.39, 0.29) is 36.9 Å². The molecular formula is C39H43BrN2O9. The van der Waals surface area contributed by atoms with Gasteiger partial charge in [0.25, 0.3) is 0 Å². The van der Waals surface area contributed by atoms with Crippen molar-refractivity contribution in [1.29, 1.82) is 0 Å². The summed E-state index contributed by atoms with van der Waals surface area (Å²) in [6.45, 7) is 1.59. The van der Waals surface area contributed by atoms with Crippen LogP contribution in [0.25, 0.3) is 0 Å². The van der Waals surface area contributed by atoms with Gasteiger partial charge in [-0.3, -0.25) is 9.59 Å². The largest absolute Gasteiger partial charge is 0.497 e. The van der Waals surface area contributed by atoms with E-state index in [2.05, 4.69) is 26.2 Å². The fourth-order valence-electron chi connectivity index (χ4n) is 5.15. The van der Waals surface area contributed by atoms with Crippen molar-refractivity contribution in [2.75, 3.05) is 41.1 Å². The second-order valence-corrected chi connectivity index (χ2v) is 12.2. The number of hydrogen-bond donors (Lipinski definition) is 1. The van der Waals surface area contributed by atoms with E-state index in [1.54, 1.807) is 37.4 Å². The third kappa shape index (κ3) is 12.4. The van der Waals surface area contributed by atoms with Crippen molar-refractivity contribution in [3.63, 3.8) is 0 Å². The lowest BCUT2D eigenvalue weighted by molar-refractivity contribution is 0.0838. The summed E-state index contributed by atoms with van der Waals surface area (Å²) in [7, 11) is 4.64. The zero-order chi connectivity index (χ0) is 36.4. The highest BCUT2D eigenvalue weighted by Crippen LogP contribution is 2.30. The van der Waals surface area contributed by atoms with E-state index >= 15 is 0 Å². The number of aromatic nitrogens is 1. The zero-order valence-corrected chi connectivity index (χ0v) is 30.6. The quantitative estimate of drug-likeness (QED) is 0.0514. The van der Waals surface area contributed by atoms with Crippen molar-refractivity contribution in [3.05, 3.63) is 112 Å². The average molecular weight is 764 g/mol. The molecule has 1 atom stereocenters. The number of carbonyl (C=O) groups is 3. The summed E-state index contributed by atoms with van der Waals surface area (Å²) >= 11 is 3.35. The number of carbonyl (C=O) groups excluding carboxylic acids is 3. The van der Waals surface area contributed by atoms with E-state index in [4.69, 9.17) is 28.4 Å². The Labute approximate surface area is 306 Å². The van der Waals surface area contributed by atoms with Gasteiger partial charge < -0.3 is 33.7 Å². The first kappa shape index (κ1) is 38.9. The molecule has 1 N–H and O–H groups in total. The molecule has 270 valence electrons. The van der Waals surface area contributed by atoms with Crippen molar-refractivity contribution in [2.24, 2.45) is 5.92 Å². The van der Waals surface area contributed by atoms with Crippen molar-refractivity contribution in [1.82, 2.24) is 10.3 Å². The van der Waals surface area contributed by atoms with E-state index in [9.17, 15) is 14.4 Å². The highest BCUT2D eigenvalue weighted by Gasteiger charge is 2.26. The molecule has 11 nitrogen and oxygen atoms in total. The number of rotatable bonds is 21. The van der Waals surface area contributed by atoms with Crippen LogP contribution in [0.1, 0.15) is 57.7 Å². The number of amides is 1. The van der Waals surface area contributed by atoms with E-state index in [0.29, 0.717) is 66.4 Å². The Kier molecular flexibility index (Phi) is 15.7. The van der Waals surface area contributed by atoms with E-state index in [1.807, 2.05) is 54.6 Å². The van der Waals surface area contributed by atoms with Gasteiger partial charge in [-0.15, -0.1) is 0 Å². The molecule has 1 aromatic heterocycles. The molecule has 0 aliphatic carbocycles. The van der Waals surface area contributed by atoms with Crippen LogP contribution >= 0.6 is 15.9 Å². The highest BCUT2D eigenvalue weighted by atomic mass is 79.9. The summed E-state index contributed by atoms with van der Waals surface area (Å²) in [5.41, 5.74) is 2.51. The predicted octanol–water partition coefficient (Wildman–Crippen LogP) is 7.63. The average Bonchev–Trinajstić information content (AvgIpc) is 3.16. The number of nitrogens with zero attached hydrogens (tertiary/aromatic N) is 1. The monoisotopic (exact) mass is 762 g/mol. The van der Waals surface area contributed by atoms with Crippen LogP contribution in [-0.4, -0.2) is 63.7 Å². The van der Waals surface area contributed by atoms with Gasteiger partial charge in [-0.1, -0.05) is 48.9 Å². The molecule has 3 aromatic carbocycles. The van der Waals surface area contributed by atoms with Crippen molar-refractivity contribution in [2.45, 2.75) is 38.9 Å². The fourth-order valence-corrected chi connectivity index (χ4v) is 5.64. The van der Waals surface area contributed by atoms with Gasteiger partial charge in [0.05, 0.1) is 34.5 Å². The Morgan fingerprint density at radius 3 is 2.20 bits per heavy atom. The Bertz CT molecular complexity index is 1720. The van der Waals surface area contributed by atoms with Crippen LogP contribution in [0.4, 0.5) is 4.79 Å². The minimum Gasteiger partial charge on any atom is -0.497 e. The summed E-state index contributed by atoms with van der Waals surface area (Å²) in [4.78, 5) is 43.8. The molecule has 0 saturated carbocycles. The number of nitrogens with one attached hydrogen (secondary N) is 1. The van der Waals surface area contributed by atoms with E-state index < -0.39 is 12.0 Å². The van der Waals surface area contributed by atoms with Crippen LogP contribution in [0.5, 0.6) is 23.0 Å². The van der Waals surface area contributed by atoms with Gasteiger partial charge in [0.2, 0.25) is 0 Å². The number of alkyl carbamates (subject to hydrolysis) is 1. The minimum absolute atomic E-state index is 0.0424. The van der Waals surface area contributed by atoms with Crippen LogP contribution in [0.3, 0.4) is 0 Å². The Morgan fingerprint density at radius 1 is 0.765 bits per heavy atom. The summed E-state index contributed by atoms with van der Waals surface area (Å²) in [5.74, 6) is 0.994. The van der Waals surface area contributed by atoms with Crippen LogP contribution in [0.15, 0.2) is 89.5 Å². The predicted molar refractivity (Wildman–Crippen MR) is 195 cm³/mol. The van der Waals surface area contributed by atoms with Gasteiger partial charge in [-0.05, 0) is 82.4 Å². The third-order valence-electron chi connectivity index (χ3n) is 7.95. The molecule has 0 aliphatic rings. The van der Waals surface area contributed by atoms with Gasteiger partial charge in [0.15, 0.2) is 28.8 Å². The molecule has 0 fully saturated rings. The number of pyridine rings is 1. The first-order valence-corrected chi connectivity index (χ1v) is 17.3. The summed E-state index contributed by atoms with van der Waals surface area (Å²) < 4.78 is 33.2. The van der Waals surface area contributed by atoms with Crippen molar-refractivity contribution < 1.29 is 42.8 Å². The Balaban J connectivity index is 1.32. The standard InChI is InChI=1S/C39H43BrN2O9/c1-46-31-15-12-28(13-16-31)25-49-21-22-50-34-18-14-29(24-36(34)48-3)33(43)23-30(37(44)32-17-19-35(47-2)38(40)42-32)11-7-8-20-41-39(45)51-26-27-9-5-4-6-10-27/h4-6,9-10,12-19,24,30H,7-8,11,20-23,25-26H2,1-3H3,(H,41,45). The van der Waals surface area contributed by atoms with Gasteiger partial charge in [0.1, 0.15) is 29.3 Å². The van der Waals surface area contributed by atoms with Gasteiger partial charge in [-0.2, -0.15) is 0 Å². The normalized spacial score (nSPS) is 11.3. The maximum atomic E-state index is 13.7. The number of benzene rings is 3. The second-order valence-electron chi connectivity index (χ2n) is 11.5. The first-order chi connectivity index (χ1) is 24.8. The van der Waals surface area contributed by atoms with E-state index in [1.165, 1.54) is 14.2 Å². The third-order valence-corrected chi connectivity index (χ3v) is 8.52. The Morgan fingerprint density at radius 2 is 1.49 bits per heavy atom. The minimum atomic E-state index is -0.653. The molecule has 12 heteroatoms. The molecule has 4 aromatic rings. The summed E-state index contributed by atoms with van der Waals surface area (Å²) in [6, 6.07) is 25.2. The van der Waals surface area contributed by atoms with Crippen molar-refractivity contribution >= 4 is 33.6 Å². The molecule has 1 heterocycles. The second kappa shape index (κ2) is 20.7. The molecule has 0 bridgehead atoms. The number of ketones is 2. The zero-order valence-electron chi connectivity index (χ0n) is 29.0. The molecule has 0 saturated heterocycles. The van der Waals surface area contributed by atoms with E-state index in [0.717, 1.165) is 16.9 Å². The number of Topliss-reactive ketones (excluding diaryl/α,β-unsaturated/α-hetero) is 2. The van der Waals surface area contributed by atoms with Crippen molar-refractivity contribution in [3.8, 4) is 23.0 Å². The lowest BCUT2D eigenvalue weighted by Gasteiger charge is -2.17. The lowest BCUT2D eigenvalue weighted by atomic mass is 9.88. The molecule has 51 heavy (non-hydrogen) atoms. The number of methoxy groups -OCH3 is 3. The highest BCUT2D eigenvalue weighted by molar-refractivity contribution is 9.10. The molecule has 4 rings (SSSR count). The van der Waals surface area contributed by atoms with Crippen LogP contribution in [-0.2, 0) is 22.7 Å². The van der Waals surface area contributed by atoms with Gasteiger partial charge >= 0.3 is 6.09 Å². The van der Waals surface area contributed by atoms with Crippen LogP contribution in [0, 0.1) is 5.92 Å². The Hall–Kier alpha value is -4.94.